The fraction of sp³-hybridized carbons (Fsp3) is 0.562. The van der Waals surface area contributed by atoms with Crippen LogP contribution in [0.15, 0.2) is 10.6 Å². The molecule has 0 unspecified atom stereocenters. The first kappa shape index (κ1) is 19.4. The third-order valence-electron chi connectivity index (χ3n) is 4.36. The number of ether oxygens (including phenoxy) is 1. The molecule has 2 aromatic rings. The minimum atomic E-state index is -3.32. The van der Waals surface area contributed by atoms with Gasteiger partial charge in [-0.15, -0.1) is 0 Å². The Bertz CT molecular complexity index is 947. The molecule has 1 aliphatic heterocycles. The van der Waals surface area contributed by atoms with Gasteiger partial charge in [0, 0.05) is 18.2 Å². The van der Waals surface area contributed by atoms with E-state index < -0.39 is 10.0 Å². The maximum Gasteiger partial charge on any atom is 0.292 e. The molecular formula is C16H23N5O5S. The van der Waals surface area contributed by atoms with E-state index in [4.69, 9.17) is 9.26 Å². The molecule has 2 aromatic heterocycles. The van der Waals surface area contributed by atoms with Crippen molar-refractivity contribution < 1.29 is 22.5 Å². The number of aromatic nitrogens is 3. The normalized spacial score (nSPS) is 14.5. The van der Waals surface area contributed by atoms with Gasteiger partial charge in [-0.25, -0.2) is 13.1 Å². The van der Waals surface area contributed by atoms with E-state index in [0.717, 1.165) is 17.5 Å². The zero-order chi connectivity index (χ0) is 19.8. The quantitative estimate of drug-likeness (QED) is 0.762. The molecule has 148 valence electrons. The molecule has 0 saturated heterocycles. The summed E-state index contributed by atoms with van der Waals surface area (Å²) in [6.07, 6.45) is 1.70. The third-order valence-corrected chi connectivity index (χ3v) is 5.03. The van der Waals surface area contributed by atoms with Gasteiger partial charge in [0.2, 0.25) is 15.8 Å². The van der Waals surface area contributed by atoms with Crippen LogP contribution in [0, 0.1) is 0 Å². The van der Waals surface area contributed by atoms with Gasteiger partial charge < -0.3 is 14.2 Å². The van der Waals surface area contributed by atoms with Crippen molar-refractivity contribution in [2.45, 2.75) is 39.4 Å². The van der Waals surface area contributed by atoms with E-state index in [2.05, 4.69) is 15.0 Å². The molecule has 0 spiro atoms. The van der Waals surface area contributed by atoms with Crippen molar-refractivity contribution in [1.82, 2.24) is 24.6 Å². The smallest absolute Gasteiger partial charge is 0.292 e. The molecule has 1 aliphatic rings. The van der Waals surface area contributed by atoms with Crippen LogP contribution in [0.2, 0.25) is 0 Å². The summed E-state index contributed by atoms with van der Waals surface area (Å²) >= 11 is 0. The Kier molecular flexibility index (Phi) is 5.24. The van der Waals surface area contributed by atoms with Crippen molar-refractivity contribution in [3.8, 4) is 5.88 Å². The number of sulfonamides is 1. The van der Waals surface area contributed by atoms with Gasteiger partial charge in [-0.2, -0.15) is 5.10 Å². The van der Waals surface area contributed by atoms with Gasteiger partial charge in [0.05, 0.1) is 43.9 Å². The Morgan fingerprint density at radius 1 is 1.44 bits per heavy atom. The fourth-order valence-corrected chi connectivity index (χ4v) is 3.47. The van der Waals surface area contributed by atoms with Crippen LogP contribution in [-0.2, 0) is 29.5 Å². The van der Waals surface area contributed by atoms with Crippen LogP contribution in [-0.4, -0.2) is 54.1 Å². The number of carbonyl (C=O) groups is 1. The zero-order valence-corrected chi connectivity index (χ0v) is 16.5. The summed E-state index contributed by atoms with van der Waals surface area (Å²) in [6, 6.07) is 1.53. The summed E-state index contributed by atoms with van der Waals surface area (Å²) in [5.74, 6) is 0.0889. The lowest BCUT2D eigenvalue weighted by atomic mass is 10.0. The number of amides is 1. The summed E-state index contributed by atoms with van der Waals surface area (Å²) in [4.78, 5) is 14.4. The number of fused-ring (bicyclic) bond motifs is 1. The molecule has 3 heterocycles. The van der Waals surface area contributed by atoms with Gasteiger partial charge >= 0.3 is 0 Å². The lowest BCUT2D eigenvalue weighted by Gasteiger charge is -2.27. The fourth-order valence-electron chi connectivity index (χ4n) is 3.07. The number of rotatable bonds is 6. The van der Waals surface area contributed by atoms with Gasteiger partial charge in [-0.1, -0.05) is 0 Å². The molecule has 0 atom stereocenters. The van der Waals surface area contributed by atoms with Crippen LogP contribution in [0.1, 0.15) is 47.4 Å². The number of nitrogens with zero attached hydrogens (tertiary/aromatic N) is 4. The molecule has 11 heteroatoms. The second-order valence-corrected chi connectivity index (χ2v) is 8.55. The number of hydrogen-bond acceptors (Lipinski definition) is 7. The highest BCUT2D eigenvalue weighted by Crippen LogP contribution is 2.26. The molecule has 0 bridgehead atoms. The minimum Gasteiger partial charge on any atom is -0.479 e. The SMILES string of the molecule is COc1cc(C(=O)N2CCc3c(CNS(C)(=O)=O)nn(C(C)C)c3C2)on1. The lowest BCUT2D eigenvalue weighted by Crippen LogP contribution is -2.37. The third kappa shape index (κ3) is 4.14. The Hall–Kier alpha value is -2.40. The maximum absolute atomic E-state index is 12.7. The highest BCUT2D eigenvalue weighted by molar-refractivity contribution is 7.88. The van der Waals surface area contributed by atoms with Crippen molar-refractivity contribution in [3.63, 3.8) is 0 Å². The van der Waals surface area contributed by atoms with Gasteiger partial charge in [0.1, 0.15) is 0 Å². The van der Waals surface area contributed by atoms with Gasteiger partial charge in [-0.05, 0) is 25.4 Å². The molecule has 0 radical (unpaired) electrons. The monoisotopic (exact) mass is 397 g/mol. The van der Waals surface area contributed by atoms with Crippen molar-refractivity contribution in [2.24, 2.45) is 0 Å². The topological polar surface area (TPSA) is 120 Å². The van der Waals surface area contributed by atoms with Crippen molar-refractivity contribution in [2.75, 3.05) is 19.9 Å². The molecule has 1 N–H and O–H groups in total. The van der Waals surface area contributed by atoms with E-state index in [-0.39, 0.29) is 30.1 Å². The van der Waals surface area contributed by atoms with Crippen LogP contribution >= 0.6 is 0 Å². The number of methoxy groups -OCH3 is 1. The predicted octanol–water partition coefficient (Wildman–Crippen LogP) is 0.708. The zero-order valence-electron chi connectivity index (χ0n) is 15.7. The average Bonchev–Trinajstić information content (AvgIpc) is 3.23. The summed E-state index contributed by atoms with van der Waals surface area (Å²) in [6.45, 7) is 4.95. The molecule has 0 aliphatic carbocycles. The van der Waals surface area contributed by atoms with Gasteiger partial charge in [0.25, 0.3) is 11.8 Å². The first-order valence-corrected chi connectivity index (χ1v) is 10.4. The average molecular weight is 397 g/mol. The summed E-state index contributed by atoms with van der Waals surface area (Å²) in [5, 5.41) is 8.24. The summed E-state index contributed by atoms with van der Waals surface area (Å²) in [7, 11) is -1.86. The molecule has 3 rings (SSSR count). The standard InChI is InChI=1S/C16H23N5O5S/c1-10(2)21-13-9-20(16(22)14-7-15(25-3)19-26-14)6-5-11(13)12(18-21)8-17-27(4,23)24/h7,10,17H,5-6,8-9H2,1-4H3. The van der Waals surface area contributed by atoms with Crippen LogP contribution in [0.25, 0.3) is 0 Å². The minimum absolute atomic E-state index is 0.0751. The molecule has 27 heavy (non-hydrogen) atoms. The first-order valence-electron chi connectivity index (χ1n) is 8.53. The Labute approximate surface area is 157 Å². The Balaban J connectivity index is 1.85. The van der Waals surface area contributed by atoms with E-state index in [1.807, 2.05) is 18.5 Å². The second kappa shape index (κ2) is 7.31. The number of hydrogen-bond donors (Lipinski definition) is 1. The lowest BCUT2D eigenvalue weighted by molar-refractivity contribution is 0.0686. The van der Waals surface area contributed by atoms with E-state index in [0.29, 0.717) is 25.2 Å². The van der Waals surface area contributed by atoms with Crippen LogP contribution < -0.4 is 9.46 Å². The van der Waals surface area contributed by atoms with E-state index >= 15 is 0 Å². The highest BCUT2D eigenvalue weighted by atomic mass is 32.2. The Morgan fingerprint density at radius 2 is 2.19 bits per heavy atom. The molecule has 10 nitrogen and oxygen atoms in total. The number of carbonyl (C=O) groups excluding carboxylic acids is 1. The molecule has 0 fully saturated rings. The van der Waals surface area contributed by atoms with E-state index in [1.165, 1.54) is 13.2 Å². The first-order chi connectivity index (χ1) is 12.7. The summed E-state index contributed by atoms with van der Waals surface area (Å²) in [5.41, 5.74) is 2.58. The Morgan fingerprint density at radius 3 is 2.78 bits per heavy atom. The second-order valence-electron chi connectivity index (χ2n) is 6.71. The number of nitrogens with one attached hydrogen (secondary N) is 1. The van der Waals surface area contributed by atoms with E-state index in [9.17, 15) is 13.2 Å². The van der Waals surface area contributed by atoms with E-state index in [1.54, 1.807) is 4.90 Å². The van der Waals surface area contributed by atoms with Gasteiger partial charge in [0.15, 0.2) is 0 Å². The van der Waals surface area contributed by atoms with Gasteiger partial charge in [-0.3, -0.25) is 9.48 Å². The largest absolute Gasteiger partial charge is 0.479 e. The molecular weight excluding hydrogens is 374 g/mol. The predicted molar refractivity (Wildman–Crippen MR) is 95.8 cm³/mol. The summed E-state index contributed by atoms with van der Waals surface area (Å²) < 4.78 is 37.2. The molecule has 0 saturated carbocycles. The van der Waals surface area contributed by atoms with Crippen LogP contribution in [0.5, 0.6) is 5.88 Å². The van der Waals surface area contributed by atoms with Crippen LogP contribution in [0.3, 0.4) is 0 Å². The highest BCUT2D eigenvalue weighted by Gasteiger charge is 2.30. The maximum atomic E-state index is 12.7. The van der Waals surface area contributed by atoms with Crippen molar-refractivity contribution in [1.29, 1.82) is 0 Å². The van der Waals surface area contributed by atoms with Crippen molar-refractivity contribution >= 4 is 15.9 Å². The molecule has 1 amide bonds. The molecule has 0 aromatic carbocycles. The van der Waals surface area contributed by atoms with Crippen molar-refractivity contribution in [3.05, 3.63) is 28.8 Å². The van der Waals surface area contributed by atoms with Crippen LogP contribution in [0.4, 0.5) is 0 Å².